The highest BCUT2D eigenvalue weighted by Crippen LogP contribution is 2.33. The molecular weight excluding hydrogens is 251 g/mol. The fraction of sp³-hybridized carbons (Fsp3) is 0.308. The van der Waals surface area contributed by atoms with E-state index >= 15 is 0 Å². The van der Waals surface area contributed by atoms with Crippen LogP contribution in [0.15, 0.2) is 18.2 Å². The van der Waals surface area contributed by atoms with Crippen LogP contribution in [0.2, 0.25) is 0 Å². The van der Waals surface area contributed by atoms with Crippen LogP contribution in [0.25, 0.3) is 10.1 Å². The molecule has 2 rings (SSSR count). The number of nitrogen functional groups attached to an aromatic ring is 1. The quantitative estimate of drug-likeness (QED) is 0.835. The monoisotopic (exact) mass is 266 g/mol. The third-order valence-corrected chi connectivity index (χ3v) is 3.90. The van der Waals surface area contributed by atoms with Gasteiger partial charge >= 0.3 is 0 Å². The van der Waals surface area contributed by atoms with Crippen LogP contribution in [0, 0.1) is 5.82 Å². The van der Waals surface area contributed by atoms with Crippen LogP contribution in [0.5, 0.6) is 0 Å². The number of halogens is 1. The molecule has 0 atom stereocenters. The Morgan fingerprint density at radius 3 is 3.00 bits per heavy atom. The first-order chi connectivity index (χ1) is 8.63. The van der Waals surface area contributed by atoms with Crippen molar-refractivity contribution in [2.24, 2.45) is 0 Å². The van der Waals surface area contributed by atoms with Crippen LogP contribution in [0.1, 0.15) is 29.4 Å². The van der Waals surface area contributed by atoms with Gasteiger partial charge in [-0.1, -0.05) is 13.3 Å². The van der Waals surface area contributed by atoms with Gasteiger partial charge in [0.1, 0.15) is 10.7 Å². The Hall–Kier alpha value is -1.62. The lowest BCUT2D eigenvalue weighted by Crippen LogP contribution is -2.24. The van der Waals surface area contributed by atoms with Crippen molar-refractivity contribution in [3.05, 3.63) is 28.9 Å². The van der Waals surface area contributed by atoms with E-state index in [1.54, 1.807) is 6.07 Å². The molecule has 96 valence electrons. The molecule has 2 aromatic rings. The number of anilines is 1. The number of rotatable bonds is 4. The molecule has 3 nitrogen and oxygen atoms in total. The number of thiophene rings is 1. The minimum atomic E-state index is -0.343. The summed E-state index contributed by atoms with van der Waals surface area (Å²) in [6, 6.07) is 4.38. The topological polar surface area (TPSA) is 55.1 Å². The lowest BCUT2D eigenvalue weighted by molar-refractivity contribution is 0.0958. The van der Waals surface area contributed by atoms with Crippen molar-refractivity contribution in [1.82, 2.24) is 5.32 Å². The molecule has 1 heterocycles. The van der Waals surface area contributed by atoms with Gasteiger partial charge in [-0.2, -0.15) is 0 Å². The molecule has 0 unspecified atom stereocenters. The fourth-order valence-electron chi connectivity index (χ4n) is 1.72. The predicted octanol–water partition coefficient (Wildman–Crippen LogP) is 3.15. The summed E-state index contributed by atoms with van der Waals surface area (Å²) >= 11 is 1.30. The highest BCUT2D eigenvalue weighted by Gasteiger charge is 2.16. The third-order valence-electron chi connectivity index (χ3n) is 2.71. The number of hydrogen-bond donors (Lipinski definition) is 2. The Morgan fingerprint density at radius 1 is 1.50 bits per heavy atom. The standard InChI is InChI=1S/C13H15FN2OS/c1-2-3-6-16-13(17)12-11(15)9-7-8(14)4-5-10(9)18-12/h4-5,7H,2-3,6,15H2,1H3,(H,16,17). The molecule has 0 fully saturated rings. The summed E-state index contributed by atoms with van der Waals surface area (Å²) < 4.78 is 14.0. The van der Waals surface area contributed by atoms with E-state index in [0.29, 0.717) is 22.5 Å². The number of amides is 1. The molecule has 0 aliphatic rings. The number of fused-ring (bicyclic) bond motifs is 1. The molecule has 0 radical (unpaired) electrons. The predicted molar refractivity (Wildman–Crippen MR) is 73.4 cm³/mol. The van der Waals surface area contributed by atoms with Crippen molar-refractivity contribution in [2.45, 2.75) is 19.8 Å². The summed E-state index contributed by atoms with van der Waals surface area (Å²) in [6.45, 7) is 2.69. The zero-order valence-corrected chi connectivity index (χ0v) is 10.9. The van der Waals surface area contributed by atoms with Crippen LogP contribution in [0.3, 0.4) is 0 Å². The second-order valence-corrected chi connectivity index (χ2v) is 5.15. The molecule has 3 N–H and O–H groups in total. The van der Waals surface area contributed by atoms with Crippen molar-refractivity contribution >= 4 is 33.0 Å². The summed E-state index contributed by atoms with van der Waals surface area (Å²) in [4.78, 5) is 12.4. The van der Waals surface area contributed by atoms with Crippen molar-refractivity contribution < 1.29 is 9.18 Å². The van der Waals surface area contributed by atoms with Crippen molar-refractivity contribution in [3.8, 4) is 0 Å². The molecule has 0 aliphatic heterocycles. The SMILES string of the molecule is CCCCNC(=O)c1sc2ccc(F)cc2c1N. The largest absolute Gasteiger partial charge is 0.397 e. The normalized spacial score (nSPS) is 10.8. The maximum absolute atomic E-state index is 13.1. The van der Waals surface area contributed by atoms with Gasteiger partial charge in [-0.25, -0.2) is 4.39 Å². The first-order valence-electron chi connectivity index (χ1n) is 5.89. The zero-order valence-electron chi connectivity index (χ0n) is 10.1. The first kappa shape index (κ1) is 12.8. The van der Waals surface area contributed by atoms with Gasteiger partial charge in [0.15, 0.2) is 0 Å². The van der Waals surface area contributed by atoms with Gasteiger partial charge in [-0.15, -0.1) is 11.3 Å². The average molecular weight is 266 g/mol. The van der Waals surface area contributed by atoms with Gasteiger partial charge in [0.2, 0.25) is 0 Å². The number of nitrogens with two attached hydrogens (primary N) is 1. The van der Waals surface area contributed by atoms with Gasteiger partial charge in [0.25, 0.3) is 5.91 Å². The summed E-state index contributed by atoms with van der Waals surface area (Å²) in [5.41, 5.74) is 6.26. The van der Waals surface area contributed by atoms with Crippen LogP contribution in [0.4, 0.5) is 10.1 Å². The second-order valence-electron chi connectivity index (χ2n) is 4.09. The summed E-state index contributed by atoms with van der Waals surface area (Å²) in [6.07, 6.45) is 1.96. The lowest BCUT2D eigenvalue weighted by Gasteiger charge is -2.02. The second kappa shape index (κ2) is 5.35. The van der Waals surface area contributed by atoms with Crippen molar-refractivity contribution in [3.63, 3.8) is 0 Å². The first-order valence-corrected chi connectivity index (χ1v) is 6.71. The van der Waals surface area contributed by atoms with Crippen LogP contribution in [-0.4, -0.2) is 12.5 Å². The van der Waals surface area contributed by atoms with E-state index in [1.807, 2.05) is 0 Å². The Morgan fingerprint density at radius 2 is 2.28 bits per heavy atom. The number of hydrogen-bond acceptors (Lipinski definition) is 3. The lowest BCUT2D eigenvalue weighted by atomic mass is 10.2. The minimum Gasteiger partial charge on any atom is -0.397 e. The molecule has 0 saturated heterocycles. The summed E-state index contributed by atoms with van der Waals surface area (Å²) in [7, 11) is 0. The number of carbonyl (C=O) groups is 1. The molecule has 0 spiro atoms. The fourth-order valence-corrected chi connectivity index (χ4v) is 2.74. The van der Waals surface area contributed by atoms with Crippen molar-refractivity contribution in [2.75, 3.05) is 12.3 Å². The number of carbonyl (C=O) groups excluding carboxylic acids is 1. The number of benzene rings is 1. The average Bonchev–Trinajstić information content (AvgIpc) is 2.67. The van der Waals surface area contributed by atoms with Gasteiger partial charge in [0.05, 0.1) is 5.69 Å². The van der Waals surface area contributed by atoms with Crippen molar-refractivity contribution in [1.29, 1.82) is 0 Å². The molecule has 0 bridgehead atoms. The molecule has 0 aliphatic carbocycles. The maximum Gasteiger partial charge on any atom is 0.263 e. The Kier molecular flexibility index (Phi) is 3.81. The molecule has 18 heavy (non-hydrogen) atoms. The van der Waals surface area contributed by atoms with E-state index < -0.39 is 0 Å². The van der Waals surface area contributed by atoms with E-state index in [9.17, 15) is 9.18 Å². The van der Waals surface area contributed by atoms with Gasteiger partial charge in [-0.05, 0) is 24.6 Å². The van der Waals surface area contributed by atoms with Crippen LogP contribution < -0.4 is 11.1 Å². The van der Waals surface area contributed by atoms with Gasteiger partial charge < -0.3 is 11.1 Å². The number of unbranched alkanes of at least 4 members (excludes halogenated alkanes) is 1. The molecule has 1 amide bonds. The van der Waals surface area contributed by atoms with E-state index in [-0.39, 0.29) is 11.7 Å². The highest BCUT2D eigenvalue weighted by atomic mass is 32.1. The maximum atomic E-state index is 13.1. The van der Waals surface area contributed by atoms with Crippen LogP contribution >= 0.6 is 11.3 Å². The Bertz CT molecular complexity index is 580. The van der Waals surface area contributed by atoms with Gasteiger partial charge in [0, 0.05) is 16.6 Å². The molecule has 5 heteroatoms. The molecular formula is C13H15FN2OS. The summed E-state index contributed by atoms with van der Waals surface area (Å²) in [5.74, 6) is -0.521. The van der Waals surface area contributed by atoms with E-state index in [0.717, 1.165) is 17.5 Å². The van der Waals surface area contributed by atoms with Crippen LogP contribution in [-0.2, 0) is 0 Å². The van der Waals surface area contributed by atoms with E-state index in [1.165, 1.54) is 23.5 Å². The molecule has 1 aromatic carbocycles. The highest BCUT2D eigenvalue weighted by molar-refractivity contribution is 7.21. The van der Waals surface area contributed by atoms with E-state index in [2.05, 4.69) is 12.2 Å². The molecule has 1 aromatic heterocycles. The third kappa shape index (κ3) is 2.46. The van der Waals surface area contributed by atoms with E-state index in [4.69, 9.17) is 5.73 Å². The zero-order chi connectivity index (χ0) is 13.1. The Balaban J connectivity index is 2.28. The minimum absolute atomic E-state index is 0.178. The summed E-state index contributed by atoms with van der Waals surface area (Å²) in [5, 5.41) is 3.43. The molecule has 0 saturated carbocycles. The Labute approximate surface area is 109 Å². The number of nitrogens with one attached hydrogen (secondary N) is 1. The smallest absolute Gasteiger partial charge is 0.263 e. The van der Waals surface area contributed by atoms with Gasteiger partial charge in [-0.3, -0.25) is 4.79 Å².